The van der Waals surface area contributed by atoms with Gasteiger partial charge < -0.3 is 24.5 Å². The number of phenolic OH excluding ortho intramolecular Hbond substituents is 1. The van der Waals surface area contributed by atoms with Gasteiger partial charge in [0.15, 0.2) is 17.3 Å². The van der Waals surface area contributed by atoms with Gasteiger partial charge in [0.2, 0.25) is 5.88 Å². The lowest BCUT2D eigenvalue weighted by Crippen LogP contribution is -2.55. The Morgan fingerprint density at radius 1 is 1.20 bits per heavy atom. The monoisotopic (exact) mass is 566 g/mol. The minimum absolute atomic E-state index is 0.0563. The molecule has 9 nitrogen and oxygen atoms in total. The molecule has 4 heterocycles. The number of hydrogen-bond acceptors (Lipinski definition) is 8. The molecule has 2 fully saturated rings. The zero-order valence-corrected chi connectivity index (χ0v) is 22.5. The van der Waals surface area contributed by atoms with Gasteiger partial charge in [0.1, 0.15) is 23.9 Å². The Hall–Kier alpha value is -4.37. The molecule has 2 aliphatic heterocycles. The molecular formula is C29H29F3N6O3. The molecule has 0 spiro atoms. The second kappa shape index (κ2) is 11.6. The van der Waals surface area contributed by atoms with Gasteiger partial charge in [-0.1, -0.05) is 12.6 Å². The highest BCUT2D eigenvalue weighted by Gasteiger charge is 2.33. The number of ether oxygens (including phenoxy) is 1. The molecule has 2 aromatic heterocycles. The van der Waals surface area contributed by atoms with Gasteiger partial charge >= 0.3 is 0 Å². The summed E-state index contributed by atoms with van der Waals surface area (Å²) in [6, 6.07) is 8.02. The number of carbonyl (C=O) groups excluding carboxylic acids is 1. The van der Waals surface area contributed by atoms with Crippen molar-refractivity contribution in [3.05, 3.63) is 54.4 Å². The molecular weight excluding hydrogens is 537 g/mol. The Morgan fingerprint density at radius 3 is 2.68 bits per heavy atom. The summed E-state index contributed by atoms with van der Waals surface area (Å²) in [5.41, 5.74) is -0.251. The highest BCUT2D eigenvalue weighted by atomic mass is 19.1. The van der Waals surface area contributed by atoms with Crippen molar-refractivity contribution in [2.45, 2.75) is 31.3 Å². The number of carbonyl (C=O) groups is 1. The number of pyridine rings is 2. The second-order valence-electron chi connectivity index (χ2n) is 10.3. The van der Waals surface area contributed by atoms with Crippen LogP contribution in [0.4, 0.5) is 18.9 Å². The lowest BCUT2D eigenvalue weighted by molar-refractivity contribution is -0.131. The first kappa shape index (κ1) is 28.2. The molecule has 0 bridgehead atoms. The van der Waals surface area contributed by atoms with Gasteiger partial charge in [-0.15, -0.1) is 0 Å². The number of halogens is 3. The van der Waals surface area contributed by atoms with Crippen LogP contribution in [-0.4, -0.2) is 82.7 Å². The van der Waals surface area contributed by atoms with Crippen molar-refractivity contribution in [3.8, 4) is 29.0 Å². The molecule has 12 heteroatoms. The number of anilines is 1. The molecule has 0 saturated carbocycles. The van der Waals surface area contributed by atoms with Crippen LogP contribution in [0.15, 0.2) is 42.7 Å². The third kappa shape index (κ3) is 5.63. The van der Waals surface area contributed by atoms with Crippen LogP contribution in [0, 0.1) is 23.0 Å². The standard InChI is InChI=1S/C29H29F3N6O3/c1-17(30)29(40)38-12-11-37(15-18(38)8-9-33)23-14-25(41-16-19-5-4-10-36(19)2)34-28-20(23)13-22(32)27(35-28)26-21(31)6-3-7-24(26)39/h3,6-7,13-14,18-19,39H,1,4-5,8,10-12,15-16H2,2H3/t18-,19-/m0/s1. The van der Waals surface area contributed by atoms with E-state index in [1.54, 1.807) is 6.07 Å². The SMILES string of the molecule is C=C(F)C(=O)N1CCN(c2cc(OC[C@@H]3CCCN3C)nc3nc(-c4c(O)cccc4F)c(F)cc23)C[C@@H]1CC#N. The molecule has 0 radical (unpaired) electrons. The normalized spacial score (nSPS) is 19.4. The molecule has 1 amide bonds. The molecule has 214 valence electrons. The van der Waals surface area contributed by atoms with Crippen molar-refractivity contribution in [3.63, 3.8) is 0 Å². The lowest BCUT2D eigenvalue weighted by atomic mass is 10.1. The van der Waals surface area contributed by atoms with Gasteiger partial charge in [-0.3, -0.25) is 4.79 Å². The number of hydrogen-bond donors (Lipinski definition) is 1. The van der Waals surface area contributed by atoms with E-state index in [-0.39, 0.29) is 54.6 Å². The quantitative estimate of drug-likeness (QED) is 0.425. The van der Waals surface area contributed by atoms with Gasteiger partial charge in [0.25, 0.3) is 5.91 Å². The van der Waals surface area contributed by atoms with Crippen LogP contribution in [0.25, 0.3) is 22.3 Å². The topological polar surface area (TPSA) is 106 Å². The predicted octanol–water partition coefficient (Wildman–Crippen LogP) is 4.17. The number of nitrogens with zero attached hydrogens (tertiary/aromatic N) is 6. The molecule has 3 aromatic rings. The molecule has 2 aliphatic rings. The highest BCUT2D eigenvalue weighted by molar-refractivity contribution is 5.93. The lowest BCUT2D eigenvalue weighted by Gasteiger charge is -2.41. The van der Waals surface area contributed by atoms with Crippen molar-refractivity contribution < 1.29 is 27.8 Å². The van der Waals surface area contributed by atoms with E-state index >= 15 is 4.39 Å². The Bertz CT molecular complexity index is 1520. The smallest absolute Gasteiger partial charge is 0.282 e. The number of rotatable bonds is 7. The van der Waals surface area contributed by atoms with Crippen molar-refractivity contribution in [2.75, 3.05) is 44.7 Å². The second-order valence-corrected chi connectivity index (χ2v) is 10.3. The van der Waals surface area contributed by atoms with Crippen molar-refractivity contribution in [1.82, 2.24) is 19.8 Å². The van der Waals surface area contributed by atoms with E-state index in [0.29, 0.717) is 12.3 Å². The van der Waals surface area contributed by atoms with Crippen LogP contribution in [0.5, 0.6) is 11.6 Å². The number of phenols is 1. The number of likely N-dealkylation sites (tertiary alicyclic amines) is 1. The maximum Gasteiger partial charge on any atom is 0.282 e. The Balaban J connectivity index is 1.58. The first-order valence-electron chi connectivity index (χ1n) is 13.3. The number of piperazine rings is 1. The van der Waals surface area contributed by atoms with Crippen molar-refractivity contribution >= 4 is 22.6 Å². The van der Waals surface area contributed by atoms with Gasteiger partial charge in [0, 0.05) is 37.1 Å². The largest absolute Gasteiger partial charge is 0.507 e. The predicted molar refractivity (Wildman–Crippen MR) is 146 cm³/mol. The Kier molecular flexibility index (Phi) is 7.99. The van der Waals surface area contributed by atoms with E-state index in [1.165, 1.54) is 23.1 Å². The maximum atomic E-state index is 15.5. The van der Waals surface area contributed by atoms with Crippen molar-refractivity contribution in [1.29, 1.82) is 5.26 Å². The van der Waals surface area contributed by atoms with E-state index in [0.717, 1.165) is 25.5 Å². The summed E-state index contributed by atoms with van der Waals surface area (Å²) in [6.45, 7) is 4.88. The summed E-state index contributed by atoms with van der Waals surface area (Å²) in [4.78, 5) is 26.5. The average Bonchev–Trinajstić information content (AvgIpc) is 3.36. The van der Waals surface area contributed by atoms with E-state index in [4.69, 9.17) is 4.74 Å². The molecule has 1 N–H and O–H groups in total. The zero-order chi connectivity index (χ0) is 29.3. The number of benzene rings is 1. The third-order valence-corrected chi connectivity index (χ3v) is 7.67. The summed E-state index contributed by atoms with van der Waals surface area (Å²) in [7, 11) is 2.01. The Morgan fingerprint density at radius 2 is 2.00 bits per heavy atom. The molecule has 5 rings (SSSR count). The fourth-order valence-corrected chi connectivity index (χ4v) is 5.49. The summed E-state index contributed by atoms with van der Waals surface area (Å²) >= 11 is 0. The van der Waals surface area contributed by atoms with Crippen LogP contribution in [-0.2, 0) is 4.79 Å². The van der Waals surface area contributed by atoms with Crippen molar-refractivity contribution in [2.24, 2.45) is 0 Å². The molecule has 2 saturated heterocycles. The summed E-state index contributed by atoms with van der Waals surface area (Å²) < 4.78 is 49.9. The van der Waals surface area contributed by atoms with Crippen LogP contribution >= 0.6 is 0 Å². The number of likely N-dealkylation sites (N-methyl/N-ethyl adjacent to an activating group) is 1. The van der Waals surface area contributed by atoms with Crippen LogP contribution in [0.1, 0.15) is 19.3 Å². The molecule has 0 unspecified atom stereocenters. The zero-order valence-electron chi connectivity index (χ0n) is 22.5. The van der Waals surface area contributed by atoms with Crippen LogP contribution < -0.4 is 9.64 Å². The number of aromatic hydroxyl groups is 1. The summed E-state index contributed by atoms with van der Waals surface area (Å²) in [6.07, 6.45) is 1.95. The van der Waals surface area contributed by atoms with E-state index in [9.17, 15) is 23.9 Å². The van der Waals surface area contributed by atoms with E-state index < -0.39 is 40.9 Å². The number of amides is 1. The minimum atomic E-state index is -1.11. The fourth-order valence-electron chi connectivity index (χ4n) is 5.49. The first-order valence-corrected chi connectivity index (χ1v) is 13.3. The van der Waals surface area contributed by atoms with Gasteiger partial charge in [-0.2, -0.15) is 10.2 Å². The van der Waals surface area contributed by atoms with Crippen LogP contribution in [0.2, 0.25) is 0 Å². The minimum Gasteiger partial charge on any atom is -0.507 e. The van der Waals surface area contributed by atoms with E-state index in [2.05, 4.69) is 21.4 Å². The fraction of sp³-hybridized carbons (Fsp3) is 0.379. The van der Waals surface area contributed by atoms with Gasteiger partial charge in [-0.05, 0) is 44.6 Å². The van der Waals surface area contributed by atoms with Crippen LogP contribution in [0.3, 0.4) is 0 Å². The molecule has 1 aromatic carbocycles. The number of nitriles is 1. The molecule has 41 heavy (non-hydrogen) atoms. The summed E-state index contributed by atoms with van der Waals surface area (Å²) in [5, 5.41) is 19.9. The first-order chi connectivity index (χ1) is 19.7. The average molecular weight is 567 g/mol. The van der Waals surface area contributed by atoms with Gasteiger partial charge in [0.05, 0.1) is 29.8 Å². The van der Waals surface area contributed by atoms with E-state index in [1.807, 2.05) is 18.0 Å². The summed E-state index contributed by atoms with van der Waals surface area (Å²) in [5.74, 6) is -3.97. The van der Waals surface area contributed by atoms with Gasteiger partial charge in [-0.25, -0.2) is 18.2 Å². The highest BCUT2D eigenvalue weighted by Crippen LogP contribution is 2.37. The maximum absolute atomic E-state index is 15.5. The number of fused-ring (bicyclic) bond motifs is 1. The Labute approximate surface area is 235 Å². The molecule has 0 aliphatic carbocycles. The molecule has 2 atom stereocenters. The third-order valence-electron chi connectivity index (χ3n) is 7.67. The number of aromatic nitrogens is 2.